The van der Waals surface area contributed by atoms with Gasteiger partial charge in [0.1, 0.15) is 0 Å². The predicted molar refractivity (Wildman–Crippen MR) is 46.8 cm³/mol. The second kappa shape index (κ2) is 3.05. The van der Waals surface area contributed by atoms with Crippen molar-refractivity contribution in [1.82, 2.24) is 10.2 Å². The van der Waals surface area contributed by atoms with Crippen LogP contribution in [0, 0.1) is 5.92 Å². The molecule has 0 bridgehead atoms. The van der Waals surface area contributed by atoms with Crippen molar-refractivity contribution < 1.29 is 4.79 Å². The fourth-order valence-electron chi connectivity index (χ4n) is 2.29. The molecular formula is C9H16N2O. The Morgan fingerprint density at radius 1 is 1.67 bits per heavy atom. The van der Waals surface area contributed by atoms with Gasteiger partial charge >= 0.3 is 0 Å². The molecule has 2 aliphatic rings. The molecule has 1 N–H and O–H groups in total. The smallest absolute Gasteiger partial charge is 0.227 e. The number of hydrogen-bond donors (Lipinski definition) is 1. The average Bonchev–Trinajstić information content (AvgIpc) is 2.44. The van der Waals surface area contributed by atoms with Crippen LogP contribution >= 0.6 is 0 Å². The highest BCUT2D eigenvalue weighted by Crippen LogP contribution is 2.25. The number of carbonyl (C=O) groups is 1. The number of likely N-dealkylation sites (N-methyl/N-ethyl adjacent to an activating group) is 1. The first-order chi connectivity index (χ1) is 5.83. The summed E-state index contributed by atoms with van der Waals surface area (Å²) in [6.07, 6.45) is 2.25. The monoisotopic (exact) mass is 168 g/mol. The molecule has 0 saturated carbocycles. The zero-order valence-corrected chi connectivity index (χ0v) is 7.55. The largest absolute Gasteiger partial charge is 0.341 e. The average molecular weight is 168 g/mol. The molecule has 0 aromatic carbocycles. The molecule has 12 heavy (non-hydrogen) atoms. The highest BCUT2D eigenvalue weighted by atomic mass is 16.2. The summed E-state index contributed by atoms with van der Waals surface area (Å²) in [5, 5.41) is 3.41. The number of carbonyl (C=O) groups excluding carboxylic acids is 1. The summed E-state index contributed by atoms with van der Waals surface area (Å²) in [5.41, 5.74) is 0. The summed E-state index contributed by atoms with van der Waals surface area (Å²) < 4.78 is 0. The zero-order chi connectivity index (χ0) is 8.55. The Morgan fingerprint density at radius 3 is 3.17 bits per heavy atom. The minimum Gasteiger partial charge on any atom is -0.341 e. The Kier molecular flexibility index (Phi) is 2.05. The molecule has 2 fully saturated rings. The molecule has 2 rings (SSSR count). The normalized spacial score (nSPS) is 35.4. The quantitative estimate of drug-likeness (QED) is 0.607. The first-order valence-electron chi connectivity index (χ1n) is 4.85. The maximum Gasteiger partial charge on any atom is 0.227 e. The van der Waals surface area contributed by atoms with Crippen molar-refractivity contribution in [1.29, 1.82) is 0 Å². The van der Waals surface area contributed by atoms with Gasteiger partial charge in [0.25, 0.3) is 0 Å². The minimum absolute atomic E-state index is 0.290. The van der Waals surface area contributed by atoms with Crippen molar-refractivity contribution in [3.8, 4) is 0 Å². The van der Waals surface area contributed by atoms with Gasteiger partial charge in [-0.3, -0.25) is 4.79 Å². The number of rotatable bonds is 1. The zero-order valence-electron chi connectivity index (χ0n) is 7.55. The Balaban J connectivity index is 2.08. The van der Waals surface area contributed by atoms with E-state index in [1.54, 1.807) is 0 Å². The highest BCUT2D eigenvalue weighted by Gasteiger charge is 2.40. The Morgan fingerprint density at radius 2 is 2.50 bits per heavy atom. The summed E-state index contributed by atoms with van der Waals surface area (Å²) in [4.78, 5) is 13.6. The van der Waals surface area contributed by atoms with Crippen LogP contribution in [0.25, 0.3) is 0 Å². The molecule has 2 saturated heterocycles. The molecule has 2 unspecified atom stereocenters. The molecule has 0 spiro atoms. The van der Waals surface area contributed by atoms with Crippen LogP contribution in [0.3, 0.4) is 0 Å². The molecule has 0 aromatic rings. The summed E-state index contributed by atoms with van der Waals surface area (Å²) in [5.74, 6) is 0.661. The van der Waals surface area contributed by atoms with E-state index in [0.717, 1.165) is 32.5 Å². The maximum atomic E-state index is 11.7. The van der Waals surface area contributed by atoms with E-state index in [1.165, 1.54) is 0 Å². The molecule has 2 aliphatic heterocycles. The number of likely N-dealkylation sites (tertiary alicyclic amines) is 1. The van der Waals surface area contributed by atoms with Gasteiger partial charge in [0, 0.05) is 19.1 Å². The van der Waals surface area contributed by atoms with Crippen LogP contribution < -0.4 is 5.32 Å². The van der Waals surface area contributed by atoms with Gasteiger partial charge in [-0.15, -0.1) is 0 Å². The fourth-order valence-corrected chi connectivity index (χ4v) is 2.29. The first-order valence-corrected chi connectivity index (χ1v) is 4.85. The van der Waals surface area contributed by atoms with E-state index in [4.69, 9.17) is 0 Å². The SMILES string of the molecule is CCN1CC2NCCCC2C1=O. The third-order valence-corrected chi connectivity index (χ3v) is 3.01. The molecule has 68 valence electrons. The van der Waals surface area contributed by atoms with Gasteiger partial charge < -0.3 is 10.2 Å². The molecule has 0 aromatic heterocycles. The summed E-state index contributed by atoms with van der Waals surface area (Å²) in [7, 11) is 0. The number of hydrogen-bond acceptors (Lipinski definition) is 2. The highest BCUT2D eigenvalue weighted by molar-refractivity contribution is 5.82. The molecule has 3 heteroatoms. The second-order valence-corrected chi connectivity index (χ2v) is 3.69. The Bertz CT molecular complexity index is 193. The van der Waals surface area contributed by atoms with Crippen molar-refractivity contribution in [2.75, 3.05) is 19.6 Å². The van der Waals surface area contributed by atoms with Crippen LogP contribution in [0.2, 0.25) is 0 Å². The van der Waals surface area contributed by atoms with E-state index in [-0.39, 0.29) is 0 Å². The van der Waals surface area contributed by atoms with Gasteiger partial charge in [-0.2, -0.15) is 0 Å². The van der Waals surface area contributed by atoms with Crippen LogP contribution in [0.1, 0.15) is 19.8 Å². The van der Waals surface area contributed by atoms with Crippen molar-refractivity contribution >= 4 is 5.91 Å². The van der Waals surface area contributed by atoms with Crippen molar-refractivity contribution in [3.05, 3.63) is 0 Å². The number of amides is 1. The van der Waals surface area contributed by atoms with Gasteiger partial charge in [0.2, 0.25) is 5.91 Å². The van der Waals surface area contributed by atoms with Crippen molar-refractivity contribution in [3.63, 3.8) is 0 Å². The van der Waals surface area contributed by atoms with Crippen LogP contribution in [-0.2, 0) is 4.79 Å². The fraction of sp³-hybridized carbons (Fsp3) is 0.889. The van der Waals surface area contributed by atoms with E-state index >= 15 is 0 Å². The number of nitrogens with one attached hydrogen (secondary N) is 1. The second-order valence-electron chi connectivity index (χ2n) is 3.69. The van der Waals surface area contributed by atoms with E-state index in [0.29, 0.717) is 17.9 Å². The lowest BCUT2D eigenvalue weighted by Gasteiger charge is -2.23. The summed E-state index contributed by atoms with van der Waals surface area (Å²) in [6, 6.07) is 0.450. The van der Waals surface area contributed by atoms with Crippen molar-refractivity contribution in [2.45, 2.75) is 25.8 Å². The van der Waals surface area contributed by atoms with Gasteiger partial charge in [-0.1, -0.05) is 0 Å². The Hall–Kier alpha value is -0.570. The lowest BCUT2D eigenvalue weighted by atomic mass is 9.94. The Labute approximate surface area is 73.1 Å². The van der Waals surface area contributed by atoms with Gasteiger partial charge in [0.15, 0.2) is 0 Å². The topological polar surface area (TPSA) is 32.3 Å². The lowest BCUT2D eigenvalue weighted by molar-refractivity contribution is -0.131. The van der Waals surface area contributed by atoms with E-state index in [1.807, 2.05) is 4.90 Å². The van der Waals surface area contributed by atoms with E-state index in [9.17, 15) is 4.79 Å². The van der Waals surface area contributed by atoms with Crippen LogP contribution in [0.15, 0.2) is 0 Å². The standard InChI is InChI=1S/C9H16N2O/c1-2-11-6-8-7(9(11)12)4-3-5-10-8/h7-8,10H,2-6H2,1H3. The third kappa shape index (κ3) is 1.12. The predicted octanol–water partition coefficient (Wildman–Crippen LogP) is 0.217. The molecule has 2 heterocycles. The van der Waals surface area contributed by atoms with Gasteiger partial charge in [-0.25, -0.2) is 0 Å². The number of piperidine rings is 1. The lowest BCUT2D eigenvalue weighted by Crippen LogP contribution is -2.41. The summed E-state index contributed by atoms with van der Waals surface area (Å²) >= 11 is 0. The molecule has 2 atom stereocenters. The molecular weight excluding hydrogens is 152 g/mol. The molecule has 1 amide bonds. The maximum absolute atomic E-state index is 11.7. The van der Waals surface area contributed by atoms with Crippen LogP contribution in [-0.4, -0.2) is 36.5 Å². The first kappa shape index (κ1) is 8.05. The molecule has 3 nitrogen and oxygen atoms in total. The van der Waals surface area contributed by atoms with Crippen LogP contribution in [0.5, 0.6) is 0 Å². The van der Waals surface area contributed by atoms with E-state index < -0.39 is 0 Å². The van der Waals surface area contributed by atoms with Crippen molar-refractivity contribution in [2.24, 2.45) is 5.92 Å². The minimum atomic E-state index is 0.290. The number of fused-ring (bicyclic) bond motifs is 1. The molecule has 0 aliphatic carbocycles. The van der Waals surface area contributed by atoms with Gasteiger partial charge in [0.05, 0.1) is 5.92 Å². The van der Waals surface area contributed by atoms with Gasteiger partial charge in [-0.05, 0) is 26.3 Å². The molecule has 0 radical (unpaired) electrons. The summed E-state index contributed by atoms with van der Waals surface area (Å²) in [6.45, 7) is 4.94. The third-order valence-electron chi connectivity index (χ3n) is 3.01. The van der Waals surface area contributed by atoms with Crippen LogP contribution in [0.4, 0.5) is 0 Å². The number of nitrogens with zero attached hydrogens (tertiary/aromatic N) is 1. The van der Waals surface area contributed by atoms with E-state index in [2.05, 4.69) is 12.2 Å².